The lowest BCUT2D eigenvalue weighted by atomic mass is 9.78. The summed E-state index contributed by atoms with van der Waals surface area (Å²) in [6, 6.07) is 2.08. The molecule has 0 unspecified atom stereocenters. The van der Waals surface area contributed by atoms with Crippen molar-refractivity contribution in [2.24, 2.45) is 23.7 Å². The first-order valence-corrected chi connectivity index (χ1v) is 13.4. The number of benzene rings is 1. The average Bonchev–Trinajstić information content (AvgIpc) is 3.23. The van der Waals surface area contributed by atoms with Crippen LogP contribution >= 0.6 is 0 Å². The highest BCUT2D eigenvalue weighted by molar-refractivity contribution is 5.90. The van der Waals surface area contributed by atoms with Gasteiger partial charge in [-0.3, -0.25) is 0 Å². The van der Waals surface area contributed by atoms with Crippen LogP contribution in [0.25, 0.3) is 11.0 Å². The van der Waals surface area contributed by atoms with E-state index in [0.717, 1.165) is 48.0 Å². The highest BCUT2D eigenvalue weighted by Crippen LogP contribution is 2.51. The largest absolute Gasteiger partial charge is 0.504 e. The van der Waals surface area contributed by atoms with E-state index >= 15 is 0 Å². The minimum absolute atomic E-state index is 0.0161. The van der Waals surface area contributed by atoms with E-state index in [2.05, 4.69) is 46.8 Å². The summed E-state index contributed by atoms with van der Waals surface area (Å²) in [6.07, 6.45) is 5.28. The number of aryl methyl sites for hydroxylation is 1. The van der Waals surface area contributed by atoms with Gasteiger partial charge in [-0.05, 0) is 57.4 Å². The van der Waals surface area contributed by atoms with Gasteiger partial charge in [0.15, 0.2) is 11.5 Å². The summed E-state index contributed by atoms with van der Waals surface area (Å²) in [5.74, 6) is 2.48. The van der Waals surface area contributed by atoms with Crippen LogP contribution in [-0.4, -0.2) is 29.5 Å². The molecule has 5 heteroatoms. The Morgan fingerprint density at radius 1 is 1.03 bits per heavy atom. The molecule has 194 valence electrons. The van der Waals surface area contributed by atoms with Gasteiger partial charge in [-0.25, -0.2) is 0 Å². The first-order chi connectivity index (χ1) is 16.5. The van der Waals surface area contributed by atoms with Gasteiger partial charge >= 0.3 is 0 Å². The van der Waals surface area contributed by atoms with Crippen LogP contribution in [0, 0.1) is 30.6 Å². The highest BCUT2D eigenvalue weighted by Gasteiger charge is 2.43. The van der Waals surface area contributed by atoms with E-state index in [9.17, 15) is 10.2 Å². The lowest BCUT2D eigenvalue weighted by Crippen LogP contribution is -2.45. The summed E-state index contributed by atoms with van der Waals surface area (Å²) >= 11 is 0. The Morgan fingerprint density at radius 2 is 1.74 bits per heavy atom. The normalized spacial score (nSPS) is 36.2. The van der Waals surface area contributed by atoms with Crippen molar-refractivity contribution in [2.75, 3.05) is 7.11 Å². The maximum absolute atomic E-state index is 11.4. The van der Waals surface area contributed by atoms with Gasteiger partial charge < -0.3 is 24.1 Å². The van der Waals surface area contributed by atoms with E-state index in [1.165, 1.54) is 5.57 Å². The number of hydrogen-bond donors (Lipinski definition) is 2. The Bertz CT molecular complexity index is 1080. The number of allylic oxidation sites excluding steroid dienone is 2. The summed E-state index contributed by atoms with van der Waals surface area (Å²) in [5.41, 5.74) is 3.64. The molecule has 2 N–H and O–H groups in total. The zero-order valence-corrected chi connectivity index (χ0v) is 22.7. The van der Waals surface area contributed by atoms with Crippen molar-refractivity contribution in [3.05, 3.63) is 34.6 Å². The average molecular weight is 485 g/mol. The summed E-state index contributed by atoms with van der Waals surface area (Å²) in [6.45, 7) is 15.1. The molecule has 0 spiro atoms. The Labute approximate surface area is 210 Å². The fraction of sp³-hybridized carbons (Fsp3) is 0.667. The van der Waals surface area contributed by atoms with Crippen molar-refractivity contribution in [1.82, 2.24) is 0 Å². The maximum atomic E-state index is 11.4. The minimum Gasteiger partial charge on any atom is -0.504 e. The lowest BCUT2D eigenvalue weighted by molar-refractivity contribution is -0.168. The molecular formula is C30H44O5. The molecule has 2 aliphatic rings. The molecule has 8 atom stereocenters. The molecule has 1 aromatic heterocycles. The number of aliphatic hydroxyl groups is 1. The Kier molecular flexibility index (Phi) is 7.59. The van der Waals surface area contributed by atoms with Crippen LogP contribution in [0.5, 0.6) is 11.5 Å². The third kappa shape index (κ3) is 4.86. The molecule has 0 aliphatic carbocycles. The van der Waals surface area contributed by atoms with Crippen LogP contribution in [-0.2, 0) is 4.74 Å². The Balaban J connectivity index is 1.90. The van der Waals surface area contributed by atoms with Gasteiger partial charge in [0.25, 0.3) is 0 Å². The summed E-state index contributed by atoms with van der Waals surface area (Å²) in [5, 5.41) is 23.5. The van der Waals surface area contributed by atoms with Crippen LogP contribution in [0.2, 0.25) is 0 Å². The molecule has 3 heterocycles. The van der Waals surface area contributed by atoms with Crippen LogP contribution in [0.3, 0.4) is 0 Å². The summed E-state index contributed by atoms with van der Waals surface area (Å²) in [4.78, 5) is 0. The predicted molar refractivity (Wildman–Crippen MR) is 140 cm³/mol. The van der Waals surface area contributed by atoms with E-state index in [1.54, 1.807) is 7.11 Å². The smallest absolute Gasteiger partial charge is 0.167 e. The van der Waals surface area contributed by atoms with Crippen molar-refractivity contribution in [3.63, 3.8) is 0 Å². The van der Waals surface area contributed by atoms with Crippen molar-refractivity contribution in [1.29, 1.82) is 0 Å². The predicted octanol–water partition coefficient (Wildman–Crippen LogP) is 7.42. The molecular weight excluding hydrogens is 440 g/mol. The molecule has 2 aliphatic heterocycles. The zero-order chi connectivity index (χ0) is 25.6. The number of phenols is 1. The first kappa shape index (κ1) is 26.1. The number of rotatable bonds is 1. The quantitative estimate of drug-likeness (QED) is 0.412. The fourth-order valence-corrected chi connectivity index (χ4v) is 6.59. The van der Waals surface area contributed by atoms with Crippen molar-refractivity contribution >= 4 is 11.0 Å². The minimum atomic E-state index is -0.530. The lowest BCUT2D eigenvalue weighted by Gasteiger charge is -2.43. The van der Waals surface area contributed by atoms with Crippen LogP contribution in [0.15, 0.2) is 22.1 Å². The van der Waals surface area contributed by atoms with Crippen LogP contribution in [0.4, 0.5) is 0 Å². The summed E-state index contributed by atoms with van der Waals surface area (Å²) < 4.78 is 18.8. The molecule has 4 bridgehead atoms. The molecule has 0 amide bonds. The number of ether oxygens (including phenoxy) is 2. The van der Waals surface area contributed by atoms with E-state index in [4.69, 9.17) is 13.9 Å². The first-order valence-electron chi connectivity index (χ1n) is 13.4. The SMILES string of the molecule is COc1c(O)c2c3cc(oc3c1C)[C@@H](C)C[C@H](C)C/C(C)=C/[C@@H](C)CC[C@H]1O[C@@H]2[C@H](C)[C@@H](O)[C@H]1C. The third-order valence-corrected chi connectivity index (χ3v) is 8.53. The number of fused-ring (bicyclic) bond motifs is 4. The molecule has 2 aromatic rings. The number of hydrogen-bond acceptors (Lipinski definition) is 5. The topological polar surface area (TPSA) is 72.1 Å². The molecule has 35 heavy (non-hydrogen) atoms. The van der Waals surface area contributed by atoms with Gasteiger partial charge in [0, 0.05) is 34.3 Å². The fourth-order valence-electron chi connectivity index (χ4n) is 6.59. The van der Waals surface area contributed by atoms with Crippen molar-refractivity contribution < 1.29 is 24.1 Å². The third-order valence-electron chi connectivity index (χ3n) is 8.53. The molecule has 1 saturated heterocycles. The molecule has 1 fully saturated rings. The van der Waals surface area contributed by atoms with E-state index in [-0.39, 0.29) is 29.6 Å². The van der Waals surface area contributed by atoms with Gasteiger partial charge in [0.1, 0.15) is 11.3 Å². The number of aromatic hydroxyl groups is 1. The molecule has 5 nitrogen and oxygen atoms in total. The second-order valence-electron chi connectivity index (χ2n) is 11.6. The van der Waals surface area contributed by atoms with Crippen molar-refractivity contribution in [3.8, 4) is 11.5 Å². The molecule has 0 saturated carbocycles. The van der Waals surface area contributed by atoms with Gasteiger partial charge in [-0.1, -0.05) is 46.3 Å². The molecule has 0 radical (unpaired) electrons. The van der Waals surface area contributed by atoms with E-state index < -0.39 is 12.2 Å². The van der Waals surface area contributed by atoms with Crippen LogP contribution < -0.4 is 4.74 Å². The second-order valence-corrected chi connectivity index (χ2v) is 11.6. The summed E-state index contributed by atoms with van der Waals surface area (Å²) in [7, 11) is 1.57. The molecule has 4 rings (SSSR count). The number of aliphatic hydroxyl groups excluding tert-OH is 1. The van der Waals surface area contributed by atoms with Gasteiger partial charge in [0.05, 0.1) is 25.4 Å². The number of furan rings is 1. The van der Waals surface area contributed by atoms with E-state index in [1.807, 2.05) is 13.8 Å². The highest BCUT2D eigenvalue weighted by atomic mass is 16.5. The van der Waals surface area contributed by atoms with Crippen LogP contribution in [0.1, 0.15) is 96.1 Å². The Hall–Kier alpha value is -1.98. The number of phenolic OH excluding ortho intramolecular Hbond substituents is 1. The van der Waals surface area contributed by atoms with Gasteiger partial charge in [0.2, 0.25) is 0 Å². The monoisotopic (exact) mass is 484 g/mol. The zero-order valence-electron chi connectivity index (χ0n) is 22.7. The molecule has 1 aromatic carbocycles. The second kappa shape index (κ2) is 10.2. The van der Waals surface area contributed by atoms with E-state index in [0.29, 0.717) is 23.1 Å². The standard InChI is InChI=1S/C30H44O5/c1-15-9-10-23-19(5)26(31)20(6)29(34-23)25-22-14-24(18(4)13-17(3)12-16(2)11-15)35-28(22)21(7)30(33-8)27(25)32/h11,14-15,17-20,23,26,29,31-32H,9-10,12-13H2,1-8H3/b16-11+/t15-,17+,18-,19-,20+,23+,26-,29+/m0/s1. The number of methoxy groups -OCH3 is 1. The maximum Gasteiger partial charge on any atom is 0.167 e. The van der Waals surface area contributed by atoms with Gasteiger partial charge in [-0.15, -0.1) is 0 Å². The van der Waals surface area contributed by atoms with Crippen molar-refractivity contribution in [2.45, 2.75) is 98.4 Å². The van der Waals surface area contributed by atoms with Gasteiger partial charge in [-0.2, -0.15) is 0 Å². The Morgan fingerprint density at radius 3 is 2.43 bits per heavy atom.